The van der Waals surface area contributed by atoms with Crippen LogP contribution in [0, 0.1) is 0 Å². The van der Waals surface area contributed by atoms with Gasteiger partial charge in [0.1, 0.15) is 11.5 Å². The average Bonchev–Trinajstić information content (AvgIpc) is 2.90. The molecule has 1 aromatic heterocycles. The van der Waals surface area contributed by atoms with E-state index in [2.05, 4.69) is 53.6 Å². The van der Waals surface area contributed by atoms with Crippen molar-refractivity contribution in [2.24, 2.45) is 0 Å². The lowest BCUT2D eigenvalue weighted by atomic mass is 10.0. The summed E-state index contributed by atoms with van der Waals surface area (Å²) in [6.45, 7) is 5.00. The van der Waals surface area contributed by atoms with E-state index >= 15 is 0 Å². The Hall–Kier alpha value is -2.30. The highest BCUT2D eigenvalue weighted by molar-refractivity contribution is 5.92. The highest BCUT2D eigenvalue weighted by Crippen LogP contribution is 2.15. The van der Waals surface area contributed by atoms with Crippen molar-refractivity contribution in [1.29, 1.82) is 0 Å². The number of aromatic nitrogens is 2. The average molecular weight is 286 g/mol. The van der Waals surface area contributed by atoms with Crippen LogP contribution in [0.4, 0.5) is 5.82 Å². The third kappa shape index (κ3) is 4.34. The molecule has 0 aliphatic heterocycles. The van der Waals surface area contributed by atoms with Gasteiger partial charge < -0.3 is 11.1 Å². The van der Waals surface area contributed by atoms with Gasteiger partial charge >= 0.3 is 0 Å². The Bertz CT molecular complexity index is 587. The fourth-order valence-corrected chi connectivity index (χ4v) is 2.11. The van der Waals surface area contributed by atoms with E-state index in [1.807, 2.05) is 0 Å². The Morgan fingerprint density at radius 2 is 2.05 bits per heavy atom. The molecule has 0 saturated heterocycles. The summed E-state index contributed by atoms with van der Waals surface area (Å²) in [6, 6.07) is 10.2. The molecule has 1 aromatic carbocycles. The molecule has 0 atom stereocenters. The van der Waals surface area contributed by atoms with Gasteiger partial charge in [-0.3, -0.25) is 9.89 Å². The number of aryl methyl sites for hydroxylation is 1. The fourth-order valence-electron chi connectivity index (χ4n) is 2.11. The van der Waals surface area contributed by atoms with Gasteiger partial charge in [0.2, 0.25) is 0 Å². The number of carbonyl (C=O) groups is 1. The highest BCUT2D eigenvalue weighted by atomic mass is 16.1. The van der Waals surface area contributed by atoms with Gasteiger partial charge in [0.25, 0.3) is 5.91 Å². The Kier molecular flexibility index (Phi) is 4.98. The van der Waals surface area contributed by atoms with Gasteiger partial charge in [0.15, 0.2) is 0 Å². The molecule has 1 amide bonds. The summed E-state index contributed by atoms with van der Waals surface area (Å²) in [6.07, 6.45) is 1.85. The van der Waals surface area contributed by atoms with Crippen LogP contribution in [0.5, 0.6) is 0 Å². The van der Waals surface area contributed by atoms with E-state index in [9.17, 15) is 4.79 Å². The van der Waals surface area contributed by atoms with Crippen molar-refractivity contribution in [1.82, 2.24) is 15.5 Å². The van der Waals surface area contributed by atoms with E-state index < -0.39 is 0 Å². The number of amides is 1. The number of hydrogen-bond acceptors (Lipinski definition) is 3. The van der Waals surface area contributed by atoms with E-state index in [1.165, 1.54) is 17.2 Å². The zero-order valence-electron chi connectivity index (χ0n) is 12.5. The second-order valence-corrected chi connectivity index (χ2v) is 5.46. The van der Waals surface area contributed by atoms with Crippen LogP contribution in [0.25, 0.3) is 0 Å². The van der Waals surface area contributed by atoms with Crippen LogP contribution < -0.4 is 11.1 Å². The minimum absolute atomic E-state index is 0.172. The molecule has 0 aliphatic carbocycles. The molecule has 2 aromatic rings. The molecule has 0 aliphatic rings. The number of aromatic amines is 1. The molecule has 0 bridgehead atoms. The number of nitrogen functional groups attached to an aromatic ring is 1. The highest BCUT2D eigenvalue weighted by Gasteiger charge is 2.07. The Labute approximate surface area is 124 Å². The first-order valence-corrected chi connectivity index (χ1v) is 7.24. The van der Waals surface area contributed by atoms with Crippen molar-refractivity contribution in [2.75, 3.05) is 12.3 Å². The van der Waals surface area contributed by atoms with E-state index in [0.717, 1.165) is 12.8 Å². The zero-order valence-corrected chi connectivity index (χ0v) is 12.5. The summed E-state index contributed by atoms with van der Waals surface area (Å²) in [5, 5.41) is 9.17. The second kappa shape index (κ2) is 6.92. The van der Waals surface area contributed by atoms with E-state index in [0.29, 0.717) is 24.0 Å². The summed E-state index contributed by atoms with van der Waals surface area (Å²) in [7, 11) is 0. The molecule has 1 heterocycles. The largest absolute Gasteiger partial charge is 0.382 e. The van der Waals surface area contributed by atoms with Crippen LogP contribution in [0.1, 0.15) is 47.8 Å². The first kappa shape index (κ1) is 15.1. The van der Waals surface area contributed by atoms with Crippen molar-refractivity contribution < 1.29 is 4.79 Å². The van der Waals surface area contributed by atoms with Crippen molar-refractivity contribution in [3.63, 3.8) is 0 Å². The van der Waals surface area contributed by atoms with E-state index in [-0.39, 0.29) is 5.91 Å². The molecule has 0 fully saturated rings. The monoisotopic (exact) mass is 286 g/mol. The minimum Gasteiger partial charge on any atom is -0.382 e. The van der Waals surface area contributed by atoms with E-state index in [1.54, 1.807) is 0 Å². The Morgan fingerprint density at radius 1 is 1.33 bits per heavy atom. The summed E-state index contributed by atoms with van der Waals surface area (Å²) in [4.78, 5) is 11.8. The molecule has 4 N–H and O–H groups in total. The maximum absolute atomic E-state index is 11.8. The number of nitrogens with zero attached hydrogens (tertiary/aromatic N) is 1. The van der Waals surface area contributed by atoms with Gasteiger partial charge in [0, 0.05) is 12.6 Å². The lowest BCUT2D eigenvalue weighted by molar-refractivity contribution is 0.0948. The van der Waals surface area contributed by atoms with E-state index in [4.69, 9.17) is 5.73 Å². The molecule has 5 nitrogen and oxygen atoms in total. The van der Waals surface area contributed by atoms with Crippen LogP contribution in [-0.2, 0) is 6.42 Å². The molecular weight excluding hydrogens is 264 g/mol. The first-order valence-electron chi connectivity index (χ1n) is 7.24. The van der Waals surface area contributed by atoms with Gasteiger partial charge in [-0.25, -0.2) is 0 Å². The molecule has 0 spiro atoms. The van der Waals surface area contributed by atoms with Crippen LogP contribution in [0.15, 0.2) is 30.3 Å². The number of benzene rings is 1. The maximum Gasteiger partial charge on any atom is 0.269 e. The van der Waals surface area contributed by atoms with Crippen molar-refractivity contribution in [3.05, 3.63) is 47.2 Å². The van der Waals surface area contributed by atoms with Crippen molar-refractivity contribution >= 4 is 11.7 Å². The zero-order chi connectivity index (χ0) is 15.2. The number of carbonyl (C=O) groups excluding carboxylic acids is 1. The molecule has 5 heteroatoms. The molecule has 0 unspecified atom stereocenters. The second-order valence-electron chi connectivity index (χ2n) is 5.46. The summed E-state index contributed by atoms with van der Waals surface area (Å²) < 4.78 is 0. The Balaban J connectivity index is 1.73. The smallest absolute Gasteiger partial charge is 0.269 e. The maximum atomic E-state index is 11.8. The summed E-state index contributed by atoms with van der Waals surface area (Å²) in [5.74, 6) is 0.708. The van der Waals surface area contributed by atoms with Gasteiger partial charge in [0.05, 0.1) is 0 Å². The van der Waals surface area contributed by atoms with Gasteiger partial charge in [-0.2, -0.15) is 5.10 Å². The first-order chi connectivity index (χ1) is 10.1. The normalized spacial score (nSPS) is 10.8. The molecular formula is C16H22N4O. The van der Waals surface area contributed by atoms with Crippen molar-refractivity contribution in [2.45, 2.75) is 32.6 Å². The number of anilines is 1. The lowest BCUT2D eigenvalue weighted by Crippen LogP contribution is -2.25. The molecule has 21 heavy (non-hydrogen) atoms. The molecule has 2 rings (SSSR count). The predicted octanol–water partition coefficient (Wildman–Crippen LogP) is 2.48. The van der Waals surface area contributed by atoms with Gasteiger partial charge in [-0.15, -0.1) is 0 Å². The Morgan fingerprint density at radius 3 is 2.62 bits per heavy atom. The van der Waals surface area contributed by atoms with Gasteiger partial charge in [-0.05, 0) is 29.9 Å². The lowest BCUT2D eigenvalue weighted by Gasteiger charge is -2.07. The van der Waals surface area contributed by atoms with Gasteiger partial charge in [-0.1, -0.05) is 38.1 Å². The third-order valence-electron chi connectivity index (χ3n) is 3.42. The number of nitrogens with two attached hydrogens (primary N) is 1. The van der Waals surface area contributed by atoms with Crippen LogP contribution in [-0.4, -0.2) is 22.6 Å². The number of rotatable bonds is 6. The molecule has 0 radical (unpaired) electrons. The number of hydrogen-bond donors (Lipinski definition) is 3. The SMILES string of the molecule is CC(C)c1ccc(CCCNC(=O)c2cc(N)n[nH]2)cc1. The minimum atomic E-state index is -0.172. The topological polar surface area (TPSA) is 83.8 Å². The standard InChI is InChI=1S/C16H22N4O/c1-11(2)13-7-5-12(6-8-13)4-3-9-18-16(21)14-10-15(17)20-19-14/h5-8,10-11H,3-4,9H2,1-2H3,(H,18,21)(H3,17,19,20). The quantitative estimate of drug-likeness (QED) is 0.713. The predicted molar refractivity (Wildman–Crippen MR) is 84.2 cm³/mol. The summed E-state index contributed by atoms with van der Waals surface area (Å²) >= 11 is 0. The fraction of sp³-hybridized carbons (Fsp3) is 0.375. The third-order valence-corrected chi connectivity index (χ3v) is 3.42. The van der Waals surface area contributed by atoms with Crippen LogP contribution in [0.2, 0.25) is 0 Å². The van der Waals surface area contributed by atoms with Crippen LogP contribution in [0.3, 0.4) is 0 Å². The number of nitrogens with one attached hydrogen (secondary N) is 2. The summed E-state index contributed by atoms with van der Waals surface area (Å²) in [5.41, 5.74) is 8.50. The molecule has 112 valence electrons. The number of H-pyrrole nitrogens is 1. The van der Waals surface area contributed by atoms with Crippen molar-refractivity contribution in [3.8, 4) is 0 Å². The molecule has 0 saturated carbocycles. The van der Waals surface area contributed by atoms with Crippen LogP contribution >= 0.6 is 0 Å².